The molecule has 100 valence electrons. The van der Waals surface area contributed by atoms with E-state index in [2.05, 4.69) is 31.3 Å². The maximum atomic E-state index is 6.07. The van der Waals surface area contributed by atoms with E-state index in [1.807, 2.05) is 12.1 Å². The molecule has 0 saturated heterocycles. The summed E-state index contributed by atoms with van der Waals surface area (Å²) in [6.45, 7) is 5.70. The molecule has 0 spiro atoms. The standard InChI is InChI=1S/C16H24ClN/c1-3-15(13-7-5-8-14(17)11-13)18-12-16(4-2)9-6-10-16/h5,7-8,11,15,18H,3-4,6,9-10,12H2,1-2H3. The van der Waals surface area contributed by atoms with Crippen LogP contribution < -0.4 is 5.32 Å². The number of hydrogen-bond donors (Lipinski definition) is 1. The molecule has 0 amide bonds. The Bertz CT molecular complexity index is 379. The van der Waals surface area contributed by atoms with Gasteiger partial charge in [0.2, 0.25) is 0 Å². The zero-order chi connectivity index (χ0) is 13.0. The van der Waals surface area contributed by atoms with Crippen LogP contribution in [-0.4, -0.2) is 6.54 Å². The van der Waals surface area contributed by atoms with Gasteiger partial charge in [-0.1, -0.05) is 44.0 Å². The van der Waals surface area contributed by atoms with Crippen molar-refractivity contribution in [3.05, 3.63) is 34.9 Å². The molecule has 1 atom stereocenters. The van der Waals surface area contributed by atoms with Crippen molar-refractivity contribution < 1.29 is 0 Å². The molecule has 1 aliphatic carbocycles. The molecule has 1 aliphatic rings. The number of halogens is 1. The molecule has 1 fully saturated rings. The third-order valence-corrected chi connectivity index (χ3v) is 4.78. The number of rotatable bonds is 6. The normalized spacial score (nSPS) is 19.3. The molecule has 2 heteroatoms. The highest BCUT2D eigenvalue weighted by atomic mass is 35.5. The molecule has 2 rings (SSSR count). The lowest BCUT2D eigenvalue weighted by atomic mass is 9.67. The van der Waals surface area contributed by atoms with Gasteiger partial charge in [0.15, 0.2) is 0 Å². The van der Waals surface area contributed by atoms with Crippen LogP contribution in [0.15, 0.2) is 24.3 Å². The van der Waals surface area contributed by atoms with Crippen LogP contribution in [0.1, 0.15) is 57.6 Å². The summed E-state index contributed by atoms with van der Waals surface area (Å²) in [4.78, 5) is 0. The van der Waals surface area contributed by atoms with Crippen molar-refractivity contribution in [1.29, 1.82) is 0 Å². The lowest BCUT2D eigenvalue weighted by Crippen LogP contribution is -2.40. The first-order valence-corrected chi connectivity index (χ1v) is 7.56. The first-order valence-electron chi connectivity index (χ1n) is 7.18. The first-order chi connectivity index (χ1) is 8.69. The predicted octanol–water partition coefficient (Wildman–Crippen LogP) is 4.96. The van der Waals surface area contributed by atoms with E-state index in [9.17, 15) is 0 Å². The highest BCUT2D eigenvalue weighted by Crippen LogP contribution is 2.43. The van der Waals surface area contributed by atoms with E-state index in [4.69, 9.17) is 11.6 Å². The smallest absolute Gasteiger partial charge is 0.0409 e. The maximum absolute atomic E-state index is 6.07. The van der Waals surface area contributed by atoms with Crippen LogP contribution in [-0.2, 0) is 0 Å². The lowest BCUT2D eigenvalue weighted by molar-refractivity contribution is 0.118. The van der Waals surface area contributed by atoms with Crippen LogP contribution in [0.4, 0.5) is 0 Å². The Labute approximate surface area is 116 Å². The Morgan fingerprint density at radius 3 is 2.61 bits per heavy atom. The minimum atomic E-state index is 0.438. The molecule has 0 aliphatic heterocycles. The molecule has 1 N–H and O–H groups in total. The van der Waals surface area contributed by atoms with Crippen LogP contribution in [0, 0.1) is 5.41 Å². The van der Waals surface area contributed by atoms with Crippen LogP contribution in [0.25, 0.3) is 0 Å². The fourth-order valence-corrected chi connectivity index (χ4v) is 3.09. The summed E-state index contributed by atoms with van der Waals surface area (Å²) in [6, 6.07) is 8.68. The Morgan fingerprint density at radius 1 is 1.33 bits per heavy atom. The van der Waals surface area contributed by atoms with Crippen molar-refractivity contribution in [2.24, 2.45) is 5.41 Å². The van der Waals surface area contributed by atoms with Crippen molar-refractivity contribution in [2.75, 3.05) is 6.54 Å². The molecular formula is C16H24ClN. The summed E-state index contributed by atoms with van der Waals surface area (Å²) < 4.78 is 0. The SMILES string of the molecule is CCC(NCC1(CC)CCC1)c1cccc(Cl)c1. The van der Waals surface area contributed by atoms with Gasteiger partial charge in [0, 0.05) is 17.6 Å². The summed E-state index contributed by atoms with van der Waals surface area (Å²) in [5.74, 6) is 0. The van der Waals surface area contributed by atoms with Gasteiger partial charge in [-0.25, -0.2) is 0 Å². The van der Waals surface area contributed by atoms with Crippen molar-refractivity contribution in [1.82, 2.24) is 5.32 Å². The summed E-state index contributed by atoms with van der Waals surface area (Å²) in [5.41, 5.74) is 1.89. The first kappa shape index (κ1) is 13.9. The molecule has 18 heavy (non-hydrogen) atoms. The van der Waals surface area contributed by atoms with E-state index in [1.54, 1.807) is 0 Å². The highest BCUT2D eigenvalue weighted by molar-refractivity contribution is 6.30. The van der Waals surface area contributed by atoms with E-state index in [1.165, 1.54) is 31.2 Å². The summed E-state index contributed by atoms with van der Waals surface area (Å²) >= 11 is 6.07. The third kappa shape index (κ3) is 3.07. The molecule has 1 unspecified atom stereocenters. The molecule has 1 aromatic carbocycles. The van der Waals surface area contributed by atoms with E-state index < -0.39 is 0 Å². The Morgan fingerprint density at radius 2 is 2.11 bits per heavy atom. The van der Waals surface area contributed by atoms with Gasteiger partial charge >= 0.3 is 0 Å². The minimum Gasteiger partial charge on any atom is -0.309 e. The fourth-order valence-electron chi connectivity index (χ4n) is 2.89. The fraction of sp³-hybridized carbons (Fsp3) is 0.625. The van der Waals surface area contributed by atoms with E-state index in [0.29, 0.717) is 11.5 Å². The molecule has 0 aromatic heterocycles. The van der Waals surface area contributed by atoms with Gasteiger partial charge < -0.3 is 5.32 Å². The van der Waals surface area contributed by atoms with Crippen LogP contribution in [0.3, 0.4) is 0 Å². The highest BCUT2D eigenvalue weighted by Gasteiger charge is 2.35. The number of benzene rings is 1. The van der Waals surface area contributed by atoms with Gasteiger partial charge in [0.1, 0.15) is 0 Å². The Kier molecular flexibility index (Phi) is 4.69. The lowest BCUT2D eigenvalue weighted by Gasteiger charge is -2.42. The third-order valence-electron chi connectivity index (χ3n) is 4.55. The zero-order valence-corrected chi connectivity index (χ0v) is 12.3. The summed E-state index contributed by atoms with van der Waals surface area (Å²) in [6.07, 6.45) is 6.60. The zero-order valence-electron chi connectivity index (χ0n) is 11.5. The molecular weight excluding hydrogens is 242 g/mol. The number of nitrogens with one attached hydrogen (secondary N) is 1. The van der Waals surface area contributed by atoms with Crippen LogP contribution in [0.5, 0.6) is 0 Å². The molecule has 1 saturated carbocycles. The van der Waals surface area contributed by atoms with Gasteiger partial charge in [0.05, 0.1) is 0 Å². The summed E-state index contributed by atoms with van der Waals surface area (Å²) in [5, 5.41) is 4.58. The Hall–Kier alpha value is -0.530. The quantitative estimate of drug-likeness (QED) is 0.766. The van der Waals surface area contributed by atoms with Crippen molar-refractivity contribution >= 4 is 11.6 Å². The van der Waals surface area contributed by atoms with Gasteiger partial charge in [-0.05, 0) is 48.8 Å². The van der Waals surface area contributed by atoms with Crippen LogP contribution >= 0.6 is 11.6 Å². The number of hydrogen-bond acceptors (Lipinski definition) is 1. The summed E-state index contributed by atoms with van der Waals surface area (Å²) in [7, 11) is 0. The van der Waals surface area contributed by atoms with E-state index in [-0.39, 0.29) is 0 Å². The van der Waals surface area contributed by atoms with Crippen molar-refractivity contribution in [3.63, 3.8) is 0 Å². The van der Waals surface area contributed by atoms with Gasteiger partial charge in [0.25, 0.3) is 0 Å². The van der Waals surface area contributed by atoms with Gasteiger partial charge in [-0.15, -0.1) is 0 Å². The Balaban J connectivity index is 1.97. The average molecular weight is 266 g/mol. The molecule has 0 radical (unpaired) electrons. The second-order valence-electron chi connectivity index (χ2n) is 5.60. The predicted molar refractivity (Wildman–Crippen MR) is 79.1 cm³/mol. The molecule has 0 bridgehead atoms. The second-order valence-corrected chi connectivity index (χ2v) is 6.04. The largest absolute Gasteiger partial charge is 0.309 e. The minimum absolute atomic E-state index is 0.438. The monoisotopic (exact) mass is 265 g/mol. The van der Waals surface area contributed by atoms with Crippen molar-refractivity contribution in [2.45, 2.75) is 52.0 Å². The second kappa shape index (κ2) is 6.08. The molecule has 1 aromatic rings. The van der Waals surface area contributed by atoms with Crippen LogP contribution in [0.2, 0.25) is 5.02 Å². The van der Waals surface area contributed by atoms with Gasteiger partial charge in [-0.3, -0.25) is 0 Å². The maximum Gasteiger partial charge on any atom is 0.0409 e. The van der Waals surface area contributed by atoms with Crippen molar-refractivity contribution in [3.8, 4) is 0 Å². The molecule has 1 nitrogen and oxygen atoms in total. The van der Waals surface area contributed by atoms with E-state index in [0.717, 1.165) is 18.0 Å². The average Bonchev–Trinajstić information content (AvgIpc) is 2.33. The van der Waals surface area contributed by atoms with E-state index >= 15 is 0 Å². The molecule has 0 heterocycles. The van der Waals surface area contributed by atoms with Gasteiger partial charge in [-0.2, -0.15) is 0 Å². The topological polar surface area (TPSA) is 12.0 Å².